The van der Waals surface area contributed by atoms with Crippen molar-refractivity contribution < 1.29 is 95.3 Å². The van der Waals surface area contributed by atoms with Crippen LogP contribution in [0.2, 0.25) is 0 Å². The number of anilines is 2. The highest BCUT2D eigenvalue weighted by Crippen LogP contribution is 2.34. The average Bonchev–Trinajstić information content (AvgIpc) is 0.660. The Hall–Kier alpha value is -18.9. The molecule has 18 rings (SSSR count). The van der Waals surface area contributed by atoms with E-state index in [9.17, 15) is 43.2 Å². The van der Waals surface area contributed by atoms with Crippen molar-refractivity contribution in [3.63, 3.8) is 0 Å². The molecule has 0 bridgehead atoms. The van der Waals surface area contributed by atoms with E-state index in [2.05, 4.69) is 124 Å². The predicted octanol–water partition coefficient (Wildman–Crippen LogP) is 26.7. The van der Waals surface area contributed by atoms with Crippen LogP contribution in [0.1, 0.15) is 26.3 Å². The van der Waals surface area contributed by atoms with Gasteiger partial charge in [0.2, 0.25) is 0 Å². The van der Waals surface area contributed by atoms with Gasteiger partial charge in [-0.1, -0.05) is 307 Å². The molecule has 0 aliphatic carbocycles. The number of benzene rings is 18. The third kappa shape index (κ3) is 34.5. The Morgan fingerprint density at radius 2 is 0.531 bits per heavy atom. The minimum atomic E-state index is -0.441. The van der Waals surface area contributed by atoms with Crippen LogP contribution < -0.4 is 39.1 Å². The van der Waals surface area contributed by atoms with Gasteiger partial charge in [-0.05, 0) is 214 Å². The smallest absolute Gasteiger partial charge is 0.335 e. The monoisotopic (exact) mass is 1960 g/mol. The first kappa shape index (κ1) is 108. The van der Waals surface area contributed by atoms with Crippen molar-refractivity contribution in [1.82, 2.24) is 0 Å². The zero-order valence-corrected chi connectivity index (χ0v) is 81.7. The fourth-order valence-corrected chi connectivity index (χ4v) is 14.4. The van der Waals surface area contributed by atoms with E-state index in [-0.39, 0.29) is 44.2 Å². The number of carbonyl (C=O) groups excluding carboxylic acids is 9. The van der Waals surface area contributed by atoms with E-state index < -0.39 is 35.8 Å². The fraction of sp³-hybridized carbons (Fsp3) is 0.0960. The van der Waals surface area contributed by atoms with Crippen molar-refractivity contribution in [3.8, 4) is 34.5 Å². The van der Waals surface area contributed by atoms with Gasteiger partial charge < -0.3 is 62.7 Å². The number of fused-ring (bicyclic) bond motifs is 10. The van der Waals surface area contributed by atoms with Crippen molar-refractivity contribution in [2.45, 2.75) is 27.4 Å². The van der Waals surface area contributed by atoms with Crippen molar-refractivity contribution >= 4 is 173 Å². The minimum absolute atomic E-state index is 0.143. The van der Waals surface area contributed by atoms with E-state index in [4.69, 9.17) is 52.1 Å². The van der Waals surface area contributed by atoms with Crippen molar-refractivity contribution in [1.29, 1.82) is 0 Å². The van der Waals surface area contributed by atoms with Crippen LogP contribution in [0.4, 0.5) is 11.4 Å². The molecule has 0 unspecified atom stereocenters. The van der Waals surface area contributed by atoms with Gasteiger partial charge in [0.15, 0.2) is 0 Å². The van der Waals surface area contributed by atoms with Crippen LogP contribution in [0.25, 0.3) is 108 Å². The normalized spacial score (nSPS) is 10.2. The maximum absolute atomic E-state index is 11.6. The lowest BCUT2D eigenvalue weighted by atomic mass is 9.97. The lowest BCUT2D eigenvalue weighted by molar-refractivity contribution is -0.140. The second-order valence-corrected chi connectivity index (χ2v) is 32.2. The molecule has 147 heavy (non-hydrogen) atoms. The molecule has 0 fully saturated rings. The molecule has 0 heterocycles. The standard InChI is InChI=1S/C21H20O4.C18H14O2.C16H15NO3.2C15H14O3.C14H13NO.2C13H10O2/c1-2-21(22)25-12-10-23-9-11-24-20-8-7-18-13-16-5-3-4-6-17(16)14-19(18)15-20;1-2-18(19)20-12-17-15-9-5-3-7-13(15)11-14-8-4-6-10-16(14)17;1-10(2)16(19)17-14-6-4-13-9-15(20-11(3)18)7-5-12(13)8-14;1-2-15(16)18-11-10-17-14-9-5-7-12-6-3-4-8-13(12)14;1-2-15(16)18-10-9-17-14-8-7-12-5-3-4-6-13(12)11-14;1-10(2)14(16)15-13-8-7-11-5-3-4-6-12(11)9-13;1-2-13(14)15-12-9-5-7-10-6-3-4-8-11(10)12;1-2-13(14)15-12-8-7-10-5-3-4-6-11(10)9-12/h2-8,13-15H,1,9-12H2;2-11H,1,12H2;4-9H,1H2,2-3H3,(H,17,19);2-9H,1,10-11H2;2-8,11H,1,9-10H2;3-9H,1H2,2H3,(H,15,16);2*2-9H,1H2. The number of carbonyl (C=O) groups is 9. The highest BCUT2D eigenvalue weighted by Gasteiger charge is 2.14. The van der Waals surface area contributed by atoms with Gasteiger partial charge >= 0.3 is 41.8 Å². The Bertz CT molecular complexity index is 7760. The lowest BCUT2D eigenvalue weighted by Gasteiger charge is -2.11. The predicted molar refractivity (Wildman–Crippen MR) is 587 cm³/mol. The van der Waals surface area contributed by atoms with Crippen LogP contribution in [0.15, 0.2) is 458 Å². The molecule has 0 radical (unpaired) electrons. The molecule has 0 aliphatic rings. The summed E-state index contributed by atoms with van der Waals surface area (Å²) in [5.41, 5.74) is 3.50. The second kappa shape index (κ2) is 57.1. The summed E-state index contributed by atoms with van der Waals surface area (Å²) in [5.74, 6) is 0.692. The highest BCUT2D eigenvalue weighted by molar-refractivity contribution is 6.07. The second-order valence-electron chi connectivity index (χ2n) is 32.2. The molecule has 740 valence electrons. The largest absolute Gasteiger partial charge is 0.491 e. The van der Waals surface area contributed by atoms with Crippen LogP contribution >= 0.6 is 0 Å². The van der Waals surface area contributed by atoms with E-state index in [0.29, 0.717) is 67.1 Å². The van der Waals surface area contributed by atoms with Crippen LogP contribution in [0, 0.1) is 0 Å². The number of hydrogen-bond acceptors (Lipinski definition) is 20. The van der Waals surface area contributed by atoms with Gasteiger partial charge in [-0.3, -0.25) is 14.4 Å². The van der Waals surface area contributed by atoms with Gasteiger partial charge in [0, 0.05) is 82.2 Å². The van der Waals surface area contributed by atoms with E-state index in [0.717, 1.165) is 145 Å². The summed E-state index contributed by atoms with van der Waals surface area (Å²) in [6.07, 6.45) is 6.89. The SMILES string of the molecule is C=C(C)C(=O)Nc1ccc2cc(OC(C)=O)ccc2c1.C=C(C)C(=O)Nc1ccc2ccccc2c1.C=CC(=O)OCCOCCOc1ccc2cc3ccccc3cc2c1.C=CC(=O)OCCOc1ccc2ccccc2c1.C=CC(=O)OCCOc1cccc2ccccc12.C=CC(=O)OCc1c2ccccc2cc2ccccc12.C=CC(=O)Oc1ccc2ccccc2c1.C=CC(=O)Oc1cccc2ccccc12. The van der Waals surface area contributed by atoms with Gasteiger partial charge in [-0.15, -0.1) is 0 Å². The van der Waals surface area contributed by atoms with Crippen LogP contribution in [-0.2, 0) is 73.4 Å². The summed E-state index contributed by atoms with van der Waals surface area (Å²) in [4.78, 5) is 99.8. The van der Waals surface area contributed by atoms with E-state index >= 15 is 0 Å². The molecule has 18 aromatic carbocycles. The van der Waals surface area contributed by atoms with Crippen molar-refractivity contribution in [2.75, 3.05) is 63.5 Å². The van der Waals surface area contributed by atoms with Crippen LogP contribution in [-0.4, -0.2) is 106 Å². The Balaban J connectivity index is 0.000000160. The zero-order valence-electron chi connectivity index (χ0n) is 81.7. The number of rotatable bonds is 30. The molecule has 0 spiro atoms. The highest BCUT2D eigenvalue weighted by atomic mass is 16.6. The molecular formula is C125H110N2O20. The van der Waals surface area contributed by atoms with E-state index in [1.807, 2.05) is 267 Å². The molecule has 0 saturated heterocycles. The molecule has 2 amide bonds. The molecule has 0 aromatic heterocycles. The number of amides is 2. The summed E-state index contributed by atoms with van der Waals surface area (Å²) >= 11 is 0. The first-order valence-electron chi connectivity index (χ1n) is 46.6. The van der Waals surface area contributed by atoms with E-state index in [1.165, 1.54) is 34.5 Å². The average molecular weight is 1960 g/mol. The summed E-state index contributed by atoms with van der Waals surface area (Å²) in [7, 11) is 0. The van der Waals surface area contributed by atoms with E-state index in [1.54, 1.807) is 44.2 Å². The topological polar surface area (TPSA) is 279 Å². The van der Waals surface area contributed by atoms with Gasteiger partial charge in [-0.25, -0.2) is 28.8 Å². The number of nitrogens with one attached hydrogen (secondary N) is 2. The number of hydrogen-bond donors (Lipinski definition) is 2. The van der Waals surface area contributed by atoms with Crippen LogP contribution in [0.3, 0.4) is 0 Å². The number of ether oxygens (including phenoxy) is 11. The van der Waals surface area contributed by atoms with Gasteiger partial charge in [-0.2, -0.15) is 0 Å². The first-order chi connectivity index (χ1) is 71.4. The van der Waals surface area contributed by atoms with Gasteiger partial charge in [0.05, 0.1) is 13.2 Å². The molecule has 22 heteroatoms. The first-order valence-corrected chi connectivity index (χ1v) is 46.6. The summed E-state index contributed by atoms with van der Waals surface area (Å²) in [5, 5.41) is 27.6. The lowest BCUT2D eigenvalue weighted by Crippen LogP contribution is -2.12. The molecule has 0 atom stereocenters. The van der Waals surface area contributed by atoms with Crippen molar-refractivity contribution in [2.24, 2.45) is 0 Å². The number of esters is 7. The quantitative estimate of drug-likeness (QED) is 0.0106. The summed E-state index contributed by atoms with van der Waals surface area (Å²) in [6, 6.07) is 116. The van der Waals surface area contributed by atoms with Crippen LogP contribution in [0.5, 0.6) is 34.5 Å². The maximum atomic E-state index is 11.6. The van der Waals surface area contributed by atoms with Gasteiger partial charge in [0.1, 0.15) is 80.7 Å². The zero-order chi connectivity index (χ0) is 105. The Morgan fingerprint density at radius 1 is 0.238 bits per heavy atom. The maximum Gasteiger partial charge on any atom is 0.335 e. The fourth-order valence-electron chi connectivity index (χ4n) is 14.4. The summed E-state index contributed by atoms with van der Waals surface area (Å²) in [6.45, 7) is 34.8. The molecule has 0 aliphatic heterocycles. The Morgan fingerprint density at radius 3 is 0.993 bits per heavy atom. The minimum Gasteiger partial charge on any atom is -0.491 e. The molecule has 22 nitrogen and oxygen atoms in total. The van der Waals surface area contributed by atoms with Crippen molar-refractivity contribution in [3.05, 3.63) is 464 Å². The third-order valence-electron chi connectivity index (χ3n) is 21.6. The molecule has 2 N–H and O–H groups in total. The Labute approximate surface area is 851 Å². The third-order valence-corrected chi connectivity index (χ3v) is 21.6. The molecule has 0 saturated carbocycles. The molecular weight excluding hydrogens is 1850 g/mol. The van der Waals surface area contributed by atoms with Gasteiger partial charge in [0.25, 0.3) is 11.8 Å². The summed E-state index contributed by atoms with van der Waals surface area (Å²) < 4.78 is 57.1. The molecule has 18 aromatic rings. The Kier molecular flexibility index (Phi) is 42.1.